The normalized spacial score (nSPS) is 21.8. The number of H-pyrrole nitrogens is 1. The number of nitrogens with one attached hydrogen (secondary N) is 2. The molecule has 2 aromatic carbocycles. The number of benzene rings is 2. The summed E-state index contributed by atoms with van der Waals surface area (Å²) < 4.78 is 47.6. The van der Waals surface area contributed by atoms with Crippen molar-refractivity contribution in [2.75, 3.05) is 44.4 Å². The summed E-state index contributed by atoms with van der Waals surface area (Å²) in [6.07, 6.45) is 12.6. The number of hydrogen-bond acceptors (Lipinski definition) is 12. The number of sulfonamides is 1. The highest BCUT2D eigenvalue weighted by molar-refractivity contribution is 7.90. The molecule has 9 rings (SSSR count). The SMILES string of the molecule is CC1CCC(COc2ncc(S(=O)(=O)NC(=O)c3ccc(N4CCC5(CC4)CC(N4CCOC[C@H]4c4ccccc4C(C)C)C5)cc3Oc3cnc4[nH]ccc4c3)cc2[N+](=O)[O-])CC1. The summed E-state index contributed by atoms with van der Waals surface area (Å²) in [5, 5.41) is 12.9. The molecule has 5 aromatic rings. The first kappa shape index (κ1) is 43.7. The largest absolute Gasteiger partial charge is 0.473 e. The minimum absolute atomic E-state index is 0.0416. The monoisotopic (exact) mass is 891 g/mol. The molecule has 2 saturated carbocycles. The van der Waals surface area contributed by atoms with E-state index in [-0.39, 0.29) is 41.2 Å². The van der Waals surface area contributed by atoms with Gasteiger partial charge in [-0.15, -0.1) is 0 Å². The second-order valence-corrected chi connectivity index (χ2v) is 20.3. The van der Waals surface area contributed by atoms with Crippen LogP contribution in [-0.4, -0.2) is 84.6 Å². The fourth-order valence-electron chi connectivity index (χ4n) is 10.3. The molecule has 64 heavy (non-hydrogen) atoms. The van der Waals surface area contributed by atoms with E-state index >= 15 is 0 Å². The van der Waals surface area contributed by atoms with E-state index < -0.39 is 31.4 Å². The first-order chi connectivity index (χ1) is 30.8. The number of aromatic nitrogens is 3. The summed E-state index contributed by atoms with van der Waals surface area (Å²) in [6.45, 7) is 11.0. The molecule has 0 unspecified atom stereocenters. The second-order valence-electron chi connectivity index (χ2n) is 18.7. The van der Waals surface area contributed by atoms with Gasteiger partial charge in [-0.2, -0.15) is 0 Å². The van der Waals surface area contributed by atoms with E-state index in [9.17, 15) is 23.3 Å². The van der Waals surface area contributed by atoms with Crippen LogP contribution in [0.1, 0.15) is 106 Å². The molecule has 338 valence electrons. The van der Waals surface area contributed by atoms with E-state index in [2.05, 4.69) is 74.5 Å². The molecular weight excluding hydrogens is 835 g/mol. The number of ether oxygens (including phenoxy) is 3. The lowest BCUT2D eigenvalue weighted by Gasteiger charge is -2.57. The Morgan fingerprint density at radius 1 is 1.02 bits per heavy atom. The summed E-state index contributed by atoms with van der Waals surface area (Å²) in [7, 11) is -4.63. The van der Waals surface area contributed by atoms with Crippen molar-refractivity contribution < 1.29 is 32.3 Å². The highest BCUT2D eigenvalue weighted by atomic mass is 32.2. The Morgan fingerprint density at radius 2 is 1.80 bits per heavy atom. The maximum atomic E-state index is 14.0. The van der Waals surface area contributed by atoms with Gasteiger partial charge >= 0.3 is 5.69 Å². The Labute approximate surface area is 374 Å². The van der Waals surface area contributed by atoms with Gasteiger partial charge in [0.2, 0.25) is 0 Å². The van der Waals surface area contributed by atoms with Crippen LogP contribution in [0.3, 0.4) is 0 Å². The van der Waals surface area contributed by atoms with Crippen molar-refractivity contribution in [3.05, 3.63) is 106 Å². The van der Waals surface area contributed by atoms with Gasteiger partial charge in [0, 0.05) is 55.1 Å². The molecule has 2 aliphatic carbocycles. The van der Waals surface area contributed by atoms with E-state index in [0.717, 1.165) is 101 Å². The van der Waals surface area contributed by atoms with Crippen LogP contribution in [-0.2, 0) is 14.8 Å². The second kappa shape index (κ2) is 18.1. The molecule has 15 nitrogen and oxygen atoms in total. The average Bonchev–Trinajstić information content (AvgIpc) is 3.76. The van der Waals surface area contributed by atoms with Crippen LogP contribution >= 0.6 is 0 Å². The smallest absolute Gasteiger partial charge is 0.332 e. The molecular formula is C48H57N7O8S. The Hall–Kier alpha value is -5.58. The molecule has 1 spiro atoms. The molecule has 4 fully saturated rings. The van der Waals surface area contributed by atoms with Gasteiger partial charge in [0.05, 0.1) is 48.7 Å². The Morgan fingerprint density at radius 3 is 2.56 bits per heavy atom. The van der Waals surface area contributed by atoms with Crippen molar-refractivity contribution >= 4 is 38.3 Å². The maximum absolute atomic E-state index is 14.0. The summed E-state index contributed by atoms with van der Waals surface area (Å²) in [6, 6.07) is 19.2. The van der Waals surface area contributed by atoms with Crippen molar-refractivity contribution in [2.45, 2.75) is 95.0 Å². The van der Waals surface area contributed by atoms with Crippen molar-refractivity contribution in [2.24, 2.45) is 17.3 Å². The zero-order valence-electron chi connectivity index (χ0n) is 36.7. The van der Waals surface area contributed by atoms with Gasteiger partial charge in [0.15, 0.2) is 0 Å². The summed E-state index contributed by atoms with van der Waals surface area (Å²) in [5.41, 5.74) is 3.89. The molecule has 2 aliphatic heterocycles. The van der Waals surface area contributed by atoms with Crippen LogP contribution in [0.5, 0.6) is 17.4 Å². The van der Waals surface area contributed by atoms with Crippen LogP contribution in [0.25, 0.3) is 11.0 Å². The van der Waals surface area contributed by atoms with Gasteiger partial charge in [0.25, 0.3) is 21.8 Å². The maximum Gasteiger partial charge on any atom is 0.332 e. The van der Waals surface area contributed by atoms with E-state index in [0.29, 0.717) is 35.9 Å². The van der Waals surface area contributed by atoms with Crippen molar-refractivity contribution in [1.29, 1.82) is 0 Å². The number of nitro groups is 1. The third-order valence-corrected chi connectivity index (χ3v) is 15.4. The Balaban J connectivity index is 0.901. The van der Waals surface area contributed by atoms with Gasteiger partial charge in [-0.3, -0.25) is 19.8 Å². The van der Waals surface area contributed by atoms with Crippen LogP contribution in [0.15, 0.2) is 84.1 Å². The van der Waals surface area contributed by atoms with Crippen molar-refractivity contribution in [3.8, 4) is 17.4 Å². The lowest BCUT2D eigenvalue weighted by atomic mass is 9.59. The predicted octanol–water partition coefficient (Wildman–Crippen LogP) is 8.93. The first-order valence-corrected chi connectivity index (χ1v) is 24.1. The number of piperidine rings is 1. The first-order valence-electron chi connectivity index (χ1n) is 22.6. The number of rotatable bonds is 13. The Bertz CT molecular complexity index is 2610. The van der Waals surface area contributed by atoms with Crippen molar-refractivity contribution in [1.82, 2.24) is 24.6 Å². The molecule has 1 amide bonds. The van der Waals surface area contributed by atoms with Gasteiger partial charge in [-0.25, -0.2) is 23.1 Å². The zero-order valence-corrected chi connectivity index (χ0v) is 37.5. The number of fused-ring (bicyclic) bond motifs is 1. The van der Waals surface area contributed by atoms with E-state index in [1.807, 2.05) is 6.07 Å². The van der Waals surface area contributed by atoms with Gasteiger partial charge in [-0.1, -0.05) is 57.9 Å². The van der Waals surface area contributed by atoms with Crippen LogP contribution in [0.2, 0.25) is 0 Å². The number of pyridine rings is 2. The van der Waals surface area contributed by atoms with E-state index in [1.54, 1.807) is 30.5 Å². The number of carbonyl (C=O) groups is 1. The molecule has 3 aromatic heterocycles. The van der Waals surface area contributed by atoms with Gasteiger partial charge < -0.3 is 24.1 Å². The van der Waals surface area contributed by atoms with Crippen molar-refractivity contribution in [3.63, 3.8) is 0 Å². The lowest BCUT2D eigenvalue weighted by Crippen LogP contribution is -2.58. The lowest BCUT2D eigenvalue weighted by molar-refractivity contribution is -0.386. The predicted molar refractivity (Wildman–Crippen MR) is 242 cm³/mol. The number of anilines is 1. The summed E-state index contributed by atoms with van der Waals surface area (Å²) in [5.74, 6) is 0.564. The minimum Gasteiger partial charge on any atom is -0.473 e. The van der Waals surface area contributed by atoms with Crippen LogP contribution < -0.4 is 19.1 Å². The quantitative estimate of drug-likeness (QED) is 0.0847. The van der Waals surface area contributed by atoms with E-state index in [1.165, 1.54) is 17.3 Å². The zero-order chi connectivity index (χ0) is 44.6. The summed E-state index contributed by atoms with van der Waals surface area (Å²) >= 11 is 0. The molecule has 4 aliphatic rings. The van der Waals surface area contributed by atoms with E-state index in [4.69, 9.17) is 14.2 Å². The fourth-order valence-corrected chi connectivity index (χ4v) is 11.2. The molecule has 16 heteroatoms. The molecule has 0 radical (unpaired) electrons. The van der Waals surface area contributed by atoms with Gasteiger partial charge in [-0.05, 0) is 97.1 Å². The number of amides is 1. The minimum atomic E-state index is -4.63. The number of carbonyl (C=O) groups excluding carboxylic acids is 1. The third-order valence-electron chi connectivity index (χ3n) is 14.1. The number of aromatic amines is 1. The molecule has 2 saturated heterocycles. The molecule has 2 N–H and O–H groups in total. The average molecular weight is 892 g/mol. The molecule has 5 heterocycles. The third kappa shape index (κ3) is 9.18. The van der Waals surface area contributed by atoms with Gasteiger partial charge in [0.1, 0.15) is 22.0 Å². The van der Waals surface area contributed by atoms with Crippen LogP contribution in [0.4, 0.5) is 11.4 Å². The van der Waals surface area contributed by atoms with Crippen LogP contribution in [0, 0.1) is 27.4 Å². The summed E-state index contributed by atoms with van der Waals surface area (Å²) in [4.78, 5) is 41.3. The Kier molecular flexibility index (Phi) is 12.4. The number of morpholine rings is 1. The topological polar surface area (TPSA) is 182 Å². The molecule has 1 atom stereocenters. The molecule has 0 bridgehead atoms. The highest BCUT2D eigenvalue weighted by Gasteiger charge is 2.49. The number of nitrogens with zero attached hydrogens (tertiary/aromatic N) is 5. The highest BCUT2D eigenvalue weighted by Crippen LogP contribution is 2.53. The standard InChI is InChI=1S/C48H57N7O8S/c1-31(2)39-6-4-5-7-40(39)43-30-61-21-20-54(43)36-25-48(26-36)15-18-53(19-16-48)35-12-13-41(44(23-35)63-37-22-34-14-17-49-45(34)50-27-37)46(56)52-64(59,60)38-24-42(55(57)58)47(51-28-38)62-29-33-10-8-32(3)9-11-33/h4-7,12-14,17,22-24,27-28,31-33,36,43H,8-11,15-16,18-21,25-26,29-30H2,1-3H3,(H,49,50)(H,52,56)/t32?,33?,43-/m0/s1. The fraction of sp³-hybridized carbons (Fsp3) is 0.479. The number of hydrogen-bond donors (Lipinski definition) is 2.